The normalized spacial score (nSPS) is 26.6. The highest BCUT2D eigenvalue weighted by atomic mass is 16.2. The fraction of sp³-hybridized carbons (Fsp3) is 0.800. The second-order valence-corrected chi connectivity index (χ2v) is 3.80. The van der Waals surface area contributed by atoms with Crippen molar-refractivity contribution in [2.45, 2.75) is 32.7 Å². The molecule has 0 aliphatic carbocycles. The number of ketones is 1. The predicted molar refractivity (Wildman–Crippen MR) is 53.6 cm³/mol. The number of nitrogens with zero attached hydrogens (tertiary/aromatic N) is 1. The molecular weight excluding hydrogens is 180 g/mol. The maximum Gasteiger partial charge on any atom is 0.236 e. The maximum absolute atomic E-state index is 11.4. The number of amides is 1. The molecule has 0 radical (unpaired) electrons. The molecule has 4 heteroatoms. The smallest absolute Gasteiger partial charge is 0.236 e. The number of carbonyl (C=O) groups excluding carboxylic acids is 2. The number of rotatable bonds is 3. The summed E-state index contributed by atoms with van der Waals surface area (Å²) in [5, 5.41) is 0. The largest absolute Gasteiger partial charge is 0.331 e. The Balaban J connectivity index is 2.78. The van der Waals surface area contributed by atoms with Crippen molar-refractivity contribution in [2.24, 2.45) is 11.7 Å². The molecule has 0 bridgehead atoms. The van der Waals surface area contributed by atoms with Crippen molar-refractivity contribution in [1.82, 2.24) is 4.90 Å². The van der Waals surface area contributed by atoms with Gasteiger partial charge in [0, 0.05) is 6.54 Å². The van der Waals surface area contributed by atoms with Gasteiger partial charge < -0.3 is 10.6 Å². The van der Waals surface area contributed by atoms with Crippen molar-refractivity contribution in [3.63, 3.8) is 0 Å². The first kappa shape index (κ1) is 11.2. The van der Waals surface area contributed by atoms with Crippen molar-refractivity contribution < 1.29 is 9.59 Å². The summed E-state index contributed by atoms with van der Waals surface area (Å²) in [4.78, 5) is 24.5. The lowest BCUT2D eigenvalue weighted by molar-refractivity contribution is -0.136. The van der Waals surface area contributed by atoms with E-state index in [1.54, 1.807) is 11.8 Å². The lowest BCUT2D eigenvalue weighted by Crippen LogP contribution is -2.44. The highest BCUT2D eigenvalue weighted by molar-refractivity contribution is 5.89. The van der Waals surface area contributed by atoms with E-state index in [1.807, 2.05) is 0 Å². The van der Waals surface area contributed by atoms with Crippen LogP contribution in [0.2, 0.25) is 0 Å². The quantitative estimate of drug-likeness (QED) is 0.702. The molecule has 1 amide bonds. The minimum absolute atomic E-state index is 0.000213. The van der Waals surface area contributed by atoms with Gasteiger partial charge in [-0.15, -0.1) is 0 Å². The molecule has 1 saturated heterocycles. The summed E-state index contributed by atoms with van der Waals surface area (Å²) in [7, 11) is 0. The topological polar surface area (TPSA) is 63.4 Å². The summed E-state index contributed by atoms with van der Waals surface area (Å²) in [6, 6.07) is -0.226. The second kappa shape index (κ2) is 4.55. The summed E-state index contributed by atoms with van der Waals surface area (Å²) in [6.07, 6.45) is 1.87. The van der Waals surface area contributed by atoms with Gasteiger partial charge in [0.25, 0.3) is 0 Å². The Morgan fingerprint density at radius 1 is 1.50 bits per heavy atom. The van der Waals surface area contributed by atoms with Crippen molar-refractivity contribution in [3.05, 3.63) is 0 Å². The minimum atomic E-state index is -0.226. The standard InChI is InChI=1S/C10H18N2O2/c1-3-8-4-5-12(9(14)6-11)10(8)7(2)13/h8,10H,3-6,11H2,1-2H3/t8-,10?/m1/s1. The summed E-state index contributed by atoms with van der Waals surface area (Å²) < 4.78 is 0. The minimum Gasteiger partial charge on any atom is -0.331 e. The zero-order valence-corrected chi connectivity index (χ0v) is 8.82. The molecule has 1 heterocycles. The molecule has 1 aliphatic rings. The Morgan fingerprint density at radius 3 is 2.57 bits per heavy atom. The van der Waals surface area contributed by atoms with Gasteiger partial charge in [-0.1, -0.05) is 13.3 Å². The van der Waals surface area contributed by atoms with E-state index in [2.05, 4.69) is 6.92 Å². The van der Waals surface area contributed by atoms with Crippen molar-refractivity contribution in [1.29, 1.82) is 0 Å². The second-order valence-electron chi connectivity index (χ2n) is 3.80. The van der Waals surface area contributed by atoms with Gasteiger partial charge in [0.15, 0.2) is 5.78 Å². The highest BCUT2D eigenvalue weighted by Crippen LogP contribution is 2.27. The van der Waals surface area contributed by atoms with E-state index in [1.165, 1.54) is 0 Å². The third kappa shape index (κ3) is 1.95. The van der Waals surface area contributed by atoms with E-state index in [0.29, 0.717) is 12.5 Å². The average Bonchev–Trinajstić information content (AvgIpc) is 2.59. The Labute approximate surface area is 84.4 Å². The van der Waals surface area contributed by atoms with E-state index in [9.17, 15) is 9.59 Å². The van der Waals surface area contributed by atoms with Crippen LogP contribution in [0.5, 0.6) is 0 Å². The molecule has 80 valence electrons. The van der Waals surface area contributed by atoms with Gasteiger partial charge in [-0.05, 0) is 19.3 Å². The molecule has 0 aromatic rings. The van der Waals surface area contributed by atoms with E-state index < -0.39 is 0 Å². The molecule has 1 unspecified atom stereocenters. The number of likely N-dealkylation sites (tertiary alicyclic amines) is 1. The fourth-order valence-electron chi connectivity index (χ4n) is 2.23. The van der Waals surface area contributed by atoms with Gasteiger partial charge in [-0.2, -0.15) is 0 Å². The molecule has 14 heavy (non-hydrogen) atoms. The van der Waals surface area contributed by atoms with Crippen LogP contribution < -0.4 is 5.73 Å². The van der Waals surface area contributed by atoms with Crippen molar-refractivity contribution in [3.8, 4) is 0 Å². The first-order valence-electron chi connectivity index (χ1n) is 5.11. The van der Waals surface area contributed by atoms with Crippen LogP contribution >= 0.6 is 0 Å². The number of carbonyl (C=O) groups is 2. The lowest BCUT2D eigenvalue weighted by Gasteiger charge is -2.25. The molecule has 1 rings (SSSR count). The molecule has 0 spiro atoms. The van der Waals surface area contributed by atoms with Crippen molar-refractivity contribution in [2.75, 3.05) is 13.1 Å². The Kier molecular flexibility index (Phi) is 3.63. The van der Waals surface area contributed by atoms with Gasteiger partial charge in [0.1, 0.15) is 0 Å². The van der Waals surface area contributed by atoms with Crippen LogP contribution in [0, 0.1) is 5.92 Å². The molecule has 1 aliphatic heterocycles. The number of hydrogen-bond donors (Lipinski definition) is 1. The molecule has 0 aromatic carbocycles. The number of Topliss-reactive ketones (excluding diaryl/α,β-unsaturated/α-hetero) is 1. The first-order valence-corrected chi connectivity index (χ1v) is 5.11. The van der Waals surface area contributed by atoms with Crippen LogP contribution in [0.3, 0.4) is 0 Å². The Morgan fingerprint density at radius 2 is 2.14 bits per heavy atom. The first-order chi connectivity index (χ1) is 6.61. The van der Waals surface area contributed by atoms with Crippen LogP contribution in [0.1, 0.15) is 26.7 Å². The molecule has 2 atom stereocenters. The number of nitrogens with two attached hydrogens (primary N) is 1. The summed E-state index contributed by atoms with van der Waals surface area (Å²) in [5.74, 6) is 0.292. The third-order valence-electron chi connectivity index (χ3n) is 2.96. The Hall–Kier alpha value is -0.900. The predicted octanol–water partition coefficient (Wildman–Crippen LogP) is 0.161. The van der Waals surface area contributed by atoms with Gasteiger partial charge in [-0.3, -0.25) is 9.59 Å². The lowest BCUT2D eigenvalue weighted by atomic mass is 9.95. The fourth-order valence-corrected chi connectivity index (χ4v) is 2.23. The zero-order chi connectivity index (χ0) is 10.7. The van der Waals surface area contributed by atoms with Crippen molar-refractivity contribution >= 4 is 11.7 Å². The third-order valence-corrected chi connectivity index (χ3v) is 2.96. The van der Waals surface area contributed by atoms with Gasteiger partial charge in [0.2, 0.25) is 5.91 Å². The van der Waals surface area contributed by atoms with E-state index in [0.717, 1.165) is 12.8 Å². The summed E-state index contributed by atoms with van der Waals surface area (Å²) in [5.41, 5.74) is 5.30. The molecule has 1 fully saturated rings. The summed E-state index contributed by atoms with van der Waals surface area (Å²) >= 11 is 0. The average molecular weight is 198 g/mol. The van der Waals surface area contributed by atoms with Gasteiger partial charge >= 0.3 is 0 Å². The van der Waals surface area contributed by atoms with E-state index in [-0.39, 0.29) is 24.3 Å². The van der Waals surface area contributed by atoms with Crippen LogP contribution in [-0.2, 0) is 9.59 Å². The Bertz CT molecular complexity index is 240. The molecule has 0 aromatic heterocycles. The van der Waals surface area contributed by atoms with E-state index >= 15 is 0 Å². The van der Waals surface area contributed by atoms with Gasteiger partial charge in [-0.25, -0.2) is 0 Å². The van der Waals surface area contributed by atoms with E-state index in [4.69, 9.17) is 5.73 Å². The van der Waals surface area contributed by atoms with Crippen LogP contribution in [0.4, 0.5) is 0 Å². The van der Waals surface area contributed by atoms with Crippen LogP contribution in [0.15, 0.2) is 0 Å². The van der Waals surface area contributed by atoms with Crippen LogP contribution in [-0.4, -0.2) is 35.7 Å². The molecule has 2 N–H and O–H groups in total. The van der Waals surface area contributed by atoms with Gasteiger partial charge in [0.05, 0.1) is 12.6 Å². The monoisotopic (exact) mass is 198 g/mol. The molecular formula is C10H18N2O2. The molecule has 0 saturated carbocycles. The SMILES string of the molecule is CC[C@@H]1CCN(C(=O)CN)C1C(C)=O. The molecule has 4 nitrogen and oxygen atoms in total. The number of hydrogen-bond acceptors (Lipinski definition) is 3. The summed E-state index contributed by atoms with van der Waals surface area (Å²) in [6.45, 7) is 4.28. The zero-order valence-electron chi connectivity index (χ0n) is 8.82. The highest BCUT2D eigenvalue weighted by Gasteiger charge is 2.38. The van der Waals surface area contributed by atoms with Crippen LogP contribution in [0.25, 0.3) is 0 Å². The maximum atomic E-state index is 11.4.